The molecule has 7 nitrogen and oxygen atoms in total. The zero-order chi connectivity index (χ0) is 15.2. The van der Waals surface area contributed by atoms with E-state index in [0.29, 0.717) is 21.7 Å². The molecule has 21 heavy (non-hydrogen) atoms. The molecule has 1 amide bonds. The molecule has 1 aromatic carbocycles. The Morgan fingerprint density at radius 2 is 2.38 bits per heavy atom. The quantitative estimate of drug-likeness (QED) is 0.552. The lowest BCUT2D eigenvalue weighted by atomic mass is 10.2. The molecule has 1 aromatic heterocycles. The minimum absolute atomic E-state index is 0.222. The number of hydrazone groups is 1. The third-order valence-electron chi connectivity index (χ3n) is 2.22. The molecule has 0 aliphatic carbocycles. The predicted octanol–water partition coefficient (Wildman–Crippen LogP) is 1.69. The first kappa shape index (κ1) is 15.1. The maximum absolute atomic E-state index is 10.6. The standard InChI is InChI=1S/C12H12ClN5O2S/c13-8-3-7(1-2-9(8)20-5-11(15)19)4-16-18-12-17-10(14)6-21-12/h1-4,6H,5,14H2,(H2,15,19)(H,17,18). The number of nitrogens with one attached hydrogen (secondary N) is 1. The third kappa shape index (κ3) is 4.62. The lowest BCUT2D eigenvalue weighted by Gasteiger charge is -2.06. The number of thiazole rings is 1. The van der Waals surface area contributed by atoms with Crippen molar-refractivity contribution in [3.05, 3.63) is 34.2 Å². The Labute approximate surface area is 129 Å². The van der Waals surface area contributed by atoms with Crippen LogP contribution in [0.25, 0.3) is 0 Å². The van der Waals surface area contributed by atoms with Crippen LogP contribution in [0.15, 0.2) is 28.7 Å². The number of benzene rings is 1. The molecule has 0 aliphatic heterocycles. The number of nitrogens with zero attached hydrogens (tertiary/aromatic N) is 2. The molecule has 0 atom stereocenters. The van der Waals surface area contributed by atoms with Gasteiger partial charge in [0.1, 0.15) is 11.6 Å². The van der Waals surface area contributed by atoms with Crippen LogP contribution in [0.1, 0.15) is 5.56 Å². The summed E-state index contributed by atoms with van der Waals surface area (Å²) >= 11 is 7.37. The monoisotopic (exact) mass is 325 g/mol. The van der Waals surface area contributed by atoms with Crippen molar-refractivity contribution >= 4 is 46.0 Å². The fourth-order valence-electron chi connectivity index (χ4n) is 1.36. The van der Waals surface area contributed by atoms with Crippen LogP contribution >= 0.6 is 22.9 Å². The van der Waals surface area contributed by atoms with Gasteiger partial charge in [0.15, 0.2) is 6.61 Å². The van der Waals surface area contributed by atoms with Crippen molar-refractivity contribution in [3.8, 4) is 5.75 Å². The van der Waals surface area contributed by atoms with Crippen molar-refractivity contribution < 1.29 is 9.53 Å². The van der Waals surface area contributed by atoms with Crippen molar-refractivity contribution in [1.82, 2.24) is 4.98 Å². The van der Waals surface area contributed by atoms with Gasteiger partial charge in [-0.1, -0.05) is 11.6 Å². The molecule has 9 heteroatoms. The summed E-state index contributed by atoms with van der Waals surface area (Å²) in [5.41, 5.74) is 14.0. The Morgan fingerprint density at radius 3 is 3.00 bits per heavy atom. The molecule has 0 bridgehead atoms. The summed E-state index contributed by atoms with van der Waals surface area (Å²) in [6.45, 7) is -0.222. The van der Waals surface area contributed by atoms with E-state index in [9.17, 15) is 4.79 Å². The lowest BCUT2D eigenvalue weighted by molar-refractivity contribution is -0.119. The number of primary amides is 1. The smallest absolute Gasteiger partial charge is 0.255 e. The number of aromatic nitrogens is 1. The van der Waals surface area contributed by atoms with Crippen LogP contribution in [0.4, 0.5) is 10.9 Å². The van der Waals surface area contributed by atoms with E-state index < -0.39 is 5.91 Å². The number of rotatable bonds is 6. The molecular formula is C12H12ClN5O2S. The zero-order valence-corrected chi connectivity index (χ0v) is 12.3. The number of carbonyl (C=O) groups is 1. The van der Waals surface area contributed by atoms with Crippen LogP contribution in [0.2, 0.25) is 5.02 Å². The number of carbonyl (C=O) groups excluding carboxylic acids is 1. The number of halogens is 1. The highest BCUT2D eigenvalue weighted by molar-refractivity contribution is 7.14. The van der Waals surface area contributed by atoms with Gasteiger partial charge >= 0.3 is 0 Å². The van der Waals surface area contributed by atoms with Crippen molar-refractivity contribution in [3.63, 3.8) is 0 Å². The number of anilines is 2. The first-order valence-electron chi connectivity index (χ1n) is 5.75. The first-order valence-corrected chi connectivity index (χ1v) is 7.01. The number of nitrogens with two attached hydrogens (primary N) is 2. The zero-order valence-electron chi connectivity index (χ0n) is 10.7. The van der Waals surface area contributed by atoms with Crippen molar-refractivity contribution in [2.75, 3.05) is 17.8 Å². The summed E-state index contributed by atoms with van der Waals surface area (Å²) in [4.78, 5) is 14.6. The number of hydrogen-bond donors (Lipinski definition) is 3. The van der Waals surface area contributed by atoms with E-state index >= 15 is 0 Å². The predicted molar refractivity (Wildman–Crippen MR) is 83.9 cm³/mol. The van der Waals surface area contributed by atoms with Crippen LogP contribution in [0, 0.1) is 0 Å². The van der Waals surface area contributed by atoms with Gasteiger partial charge in [0.05, 0.1) is 11.2 Å². The van der Waals surface area contributed by atoms with E-state index in [4.69, 9.17) is 27.8 Å². The summed E-state index contributed by atoms with van der Waals surface area (Å²) in [7, 11) is 0. The van der Waals surface area contributed by atoms with Crippen molar-refractivity contribution in [2.24, 2.45) is 10.8 Å². The summed E-state index contributed by atoms with van der Waals surface area (Å²) in [6.07, 6.45) is 1.57. The van der Waals surface area contributed by atoms with E-state index in [1.165, 1.54) is 11.3 Å². The first-order chi connectivity index (χ1) is 10.0. The second-order valence-electron chi connectivity index (χ2n) is 3.89. The molecule has 0 saturated carbocycles. The second-order valence-corrected chi connectivity index (χ2v) is 5.16. The highest BCUT2D eigenvalue weighted by Gasteiger charge is 2.04. The molecule has 0 spiro atoms. The van der Waals surface area contributed by atoms with Gasteiger partial charge in [-0.05, 0) is 23.8 Å². The molecule has 0 unspecified atom stereocenters. The number of amides is 1. The average molecular weight is 326 g/mol. The van der Waals surface area contributed by atoms with Gasteiger partial charge in [0.2, 0.25) is 5.13 Å². The van der Waals surface area contributed by atoms with Gasteiger partial charge < -0.3 is 16.2 Å². The summed E-state index contributed by atoms with van der Waals surface area (Å²) in [6, 6.07) is 5.02. The summed E-state index contributed by atoms with van der Waals surface area (Å²) in [5.74, 6) is 0.258. The highest BCUT2D eigenvalue weighted by atomic mass is 35.5. The number of nitrogen functional groups attached to an aromatic ring is 1. The second kappa shape index (κ2) is 6.91. The molecule has 0 fully saturated rings. The summed E-state index contributed by atoms with van der Waals surface area (Å²) in [5, 5.41) is 6.68. The van der Waals surface area contributed by atoms with Gasteiger partial charge in [0, 0.05) is 5.38 Å². The molecule has 2 rings (SSSR count). The van der Waals surface area contributed by atoms with E-state index in [1.807, 2.05) is 0 Å². The fraction of sp³-hybridized carbons (Fsp3) is 0.0833. The highest BCUT2D eigenvalue weighted by Crippen LogP contribution is 2.25. The Bertz CT molecular complexity index is 673. The van der Waals surface area contributed by atoms with Gasteiger partial charge in [-0.25, -0.2) is 4.98 Å². The van der Waals surface area contributed by atoms with Crippen LogP contribution in [0.5, 0.6) is 5.75 Å². The molecule has 1 heterocycles. The van der Waals surface area contributed by atoms with Crippen LogP contribution in [0.3, 0.4) is 0 Å². The molecular weight excluding hydrogens is 314 g/mol. The summed E-state index contributed by atoms with van der Waals surface area (Å²) < 4.78 is 5.14. The lowest BCUT2D eigenvalue weighted by Crippen LogP contribution is -2.20. The molecule has 5 N–H and O–H groups in total. The molecule has 0 saturated heterocycles. The minimum atomic E-state index is -0.566. The SMILES string of the molecule is NC(=O)COc1ccc(C=NNc2nc(N)cs2)cc1Cl. The van der Waals surface area contributed by atoms with E-state index in [1.54, 1.807) is 29.8 Å². The van der Waals surface area contributed by atoms with Gasteiger partial charge in [-0.15, -0.1) is 11.3 Å². The normalized spacial score (nSPS) is 10.7. The Kier molecular flexibility index (Phi) is 4.96. The van der Waals surface area contributed by atoms with E-state index in [0.717, 1.165) is 5.56 Å². The average Bonchev–Trinajstić information content (AvgIpc) is 2.83. The Balaban J connectivity index is 1.97. The van der Waals surface area contributed by atoms with Crippen LogP contribution < -0.4 is 21.6 Å². The molecule has 0 aliphatic rings. The van der Waals surface area contributed by atoms with Gasteiger partial charge in [-0.2, -0.15) is 5.10 Å². The van der Waals surface area contributed by atoms with Gasteiger partial charge in [-0.3, -0.25) is 10.2 Å². The van der Waals surface area contributed by atoms with Crippen LogP contribution in [-0.2, 0) is 4.79 Å². The number of hydrogen-bond acceptors (Lipinski definition) is 7. The molecule has 2 aromatic rings. The minimum Gasteiger partial charge on any atom is -0.482 e. The molecule has 0 radical (unpaired) electrons. The number of ether oxygens (including phenoxy) is 1. The van der Waals surface area contributed by atoms with E-state index in [-0.39, 0.29) is 6.61 Å². The maximum atomic E-state index is 10.6. The van der Waals surface area contributed by atoms with Crippen molar-refractivity contribution in [1.29, 1.82) is 0 Å². The molecule has 110 valence electrons. The topological polar surface area (TPSA) is 116 Å². The largest absolute Gasteiger partial charge is 0.482 e. The van der Waals surface area contributed by atoms with E-state index in [2.05, 4.69) is 15.5 Å². The van der Waals surface area contributed by atoms with Gasteiger partial charge in [0.25, 0.3) is 5.91 Å². The van der Waals surface area contributed by atoms with Crippen molar-refractivity contribution in [2.45, 2.75) is 0 Å². The third-order valence-corrected chi connectivity index (χ3v) is 3.28. The maximum Gasteiger partial charge on any atom is 0.255 e. The fourth-order valence-corrected chi connectivity index (χ4v) is 2.15. The Morgan fingerprint density at radius 1 is 1.57 bits per heavy atom. The van der Waals surface area contributed by atoms with Crippen LogP contribution in [-0.4, -0.2) is 23.7 Å². The Hall–Kier alpha value is -2.32.